The van der Waals surface area contributed by atoms with Crippen molar-refractivity contribution in [3.05, 3.63) is 47.0 Å². The first-order chi connectivity index (χ1) is 12.3. The maximum Gasteiger partial charge on any atom is 0.231 e. The van der Waals surface area contributed by atoms with Crippen LogP contribution < -0.4 is 24.3 Å². The van der Waals surface area contributed by atoms with Crippen LogP contribution in [0, 0.1) is 0 Å². The number of para-hydroxylation sites is 1. The average Bonchev–Trinajstić information content (AvgIpc) is 3.11. The van der Waals surface area contributed by atoms with Crippen LogP contribution in [0.15, 0.2) is 30.3 Å². The molecule has 132 valence electrons. The molecule has 1 atom stereocenters. The summed E-state index contributed by atoms with van der Waals surface area (Å²) in [5.41, 5.74) is 3.59. The smallest absolute Gasteiger partial charge is 0.231 e. The average molecular weight is 341 g/mol. The van der Waals surface area contributed by atoms with Gasteiger partial charge < -0.3 is 24.3 Å². The van der Waals surface area contributed by atoms with Gasteiger partial charge in [0.25, 0.3) is 0 Å². The molecular weight excluding hydrogens is 318 g/mol. The molecule has 0 radical (unpaired) electrons. The first-order valence-corrected chi connectivity index (χ1v) is 8.86. The van der Waals surface area contributed by atoms with Gasteiger partial charge in [0.2, 0.25) is 6.79 Å². The highest BCUT2D eigenvalue weighted by Crippen LogP contribution is 2.44. The van der Waals surface area contributed by atoms with E-state index in [4.69, 9.17) is 18.9 Å². The minimum Gasteiger partial charge on any atom is -0.490 e. The Labute approximate surface area is 147 Å². The van der Waals surface area contributed by atoms with E-state index >= 15 is 0 Å². The zero-order chi connectivity index (χ0) is 17.2. The summed E-state index contributed by atoms with van der Waals surface area (Å²) in [5, 5.41) is 3.61. The van der Waals surface area contributed by atoms with Gasteiger partial charge in [-0.2, -0.15) is 0 Å². The molecule has 2 heterocycles. The van der Waals surface area contributed by atoms with E-state index in [0.29, 0.717) is 13.2 Å². The van der Waals surface area contributed by atoms with Gasteiger partial charge in [0.15, 0.2) is 23.0 Å². The van der Waals surface area contributed by atoms with Gasteiger partial charge in [0, 0.05) is 12.1 Å². The number of nitrogens with one attached hydrogen (secondary N) is 1. The molecule has 0 bridgehead atoms. The summed E-state index contributed by atoms with van der Waals surface area (Å²) in [6, 6.07) is 10.3. The SMILES string of the molecule is CCOc1cc2c(cc1OCC)C(c1cccc3c1OCO3)NCC2. The van der Waals surface area contributed by atoms with Crippen molar-refractivity contribution in [2.45, 2.75) is 26.3 Å². The van der Waals surface area contributed by atoms with Crippen LogP contribution in [0.5, 0.6) is 23.0 Å². The summed E-state index contributed by atoms with van der Waals surface area (Å²) in [5.74, 6) is 3.25. The van der Waals surface area contributed by atoms with E-state index in [1.807, 2.05) is 26.0 Å². The van der Waals surface area contributed by atoms with Gasteiger partial charge in [-0.05, 0) is 49.6 Å². The number of ether oxygens (including phenoxy) is 4. The molecule has 0 aromatic heterocycles. The molecule has 2 aliphatic heterocycles. The molecule has 25 heavy (non-hydrogen) atoms. The molecule has 0 aliphatic carbocycles. The van der Waals surface area contributed by atoms with E-state index in [9.17, 15) is 0 Å². The fourth-order valence-corrected chi connectivity index (χ4v) is 3.56. The number of benzene rings is 2. The van der Waals surface area contributed by atoms with Crippen molar-refractivity contribution in [3.63, 3.8) is 0 Å². The Hall–Kier alpha value is -2.40. The van der Waals surface area contributed by atoms with E-state index in [2.05, 4.69) is 23.5 Å². The Morgan fingerprint density at radius 1 is 1.04 bits per heavy atom. The van der Waals surface area contributed by atoms with Crippen LogP contribution in [0.4, 0.5) is 0 Å². The molecule has 5 nitrogen and oxygen atoms in total. The van der Waals surface area contributed by atoms with Crippen molar-refractivity contribution < 1.29 is 18.9 Å². The molecule has 1 N–H and O–H groups in total. The van der Waals surface area contributed by atoms with Gasteiger partial charge in [-0.1, -0.05) is 12.1 Å². The molecule has 0 spiro atoms. The molecule has 0 amide bonds. The lowest BCUT2D eigenvalue weighted by molar-refractivity contribution is 0.173. The third kappa shape index (κ3) is 2.89. The van der Waals surface area contributed by atoms with Crippen LogP contribution in [0.1, 0.15) is 36.6 Å². The van der Waals surface area contributed by atoms with Crippen LogP contribution in [0.2, 0.25) is 0 Å². The van der Waals surface area contributed by atoms with Crippen molar-refractivity contribution in [1.82, 2.24) is 5.32 Å². The lowest BCUT2D eigenvalue weighted by Crippen LogP contribution is -2.31. The second-order valence-electron chi connectivity index (χ2n) is 6.08. The fourth-order valence-electron chi connectivity index (χ4n) is 3.56. The molecular formula is C20H23NO4. The summed E-state index contributed by atoms with van der Waals surface area (Å²) in [4.78, 5) is 0. The molecule has 5 heteroatoms. The van der Waals surface area contributed by atoms with E-state index in [-0.39, 0.29) is 12.8 Å². The molecule has 0 saturated carbocycles. The van der Waals surface area contributed by atoms with Crippen LogP contribution in [-0.4, -0.2) is 26.6 Å². The predicted octanol–water partition coefficient (Wildman–Crippen LogP) is 3.45. The number of hydrogen-bond acceptors (Lipinski definition) is 5. The Kier molecular flexibility index (Phi) is 4.40. The number of fused-ring (bicyclic) bond motifs is 2. The molecule has 2 aliphatic rings. The van der Waals surface area contributed by atoms with Gasteiger partial charge in [-0.15, -0.1) is 0 Å². The quantitative estimate of drug-likeness (QED) is 0.903. The van der Waals surface area contributed by atoms with Crippen molar-refractivity contribution in [2.75, 3.05) is 26.6 Å². The second kappa shape index (κ2) is 6.84. The Morgan fingerprint density at radius 2 is 1.84 bits per heavy atom. The second-order valence-corrected chi connectivity index (χ2v) is 6.08. The van der Waals surface area contributed by atoms with E-state index in [1.165, 1.54) is 11.1 Å². The largest absolute Gasteiger partial charge is 0.490 e. The molecule has 0 saturated heterocycles. The maximum atomic E-state index is 5.82. The molecule has 2 aromatic rings. The zero-order valence-electron chi connectivity index (χ0n) is 14.6. The minimum atomic E-state index is 0.0512. The summed E-state index contributed by atoms with van der Waals surface area (Å²) in [7, 11) is 0. The summed E-state index contributed by atoms with van der Waals surface area (Å²) >= 11 is 0. The van der Waals surface area contributed by atoms with Crippen molar-refractivity contribution in [1.29, 1.82) is 0 Å². The van der Waals surface area contributed by atoms with Gasteiger partial charge in [-0.25, -0.2) is 0 Å². The van der Waals surface area contributed by atoms with Gasteiger partial charge in [0.05, 0.1) is 19.3 Å². The van der Waals surface area contributed by atoms with Crippen molar-refractivity contribution in [3.8, 4) is 23.0 Å². The van der Waals surface area contributed by atoms with Gasteiger partial charge in [0.1, 0.15) is 0 Å². The third-order valence-corrected chi connectivity index (χ3v) is 4.60. The molecule has 4 rings (SSSR count). The van der Waals surface area contributed by atoms with E-state index < -0.39 is 0 Å². The van der Waals surface area contributed by atoms with E-state index in [0.717, 1.165) is 41.5 Å². The highest BCUT2D eigenvalue weighted by atomic mass is 16.7. The summed E-state index contributed by atoms with van der Waals surface area (Å²) in [6.07, 6.45) is 0.963. The summed E-state index contributed by atoms with van der Waals surface area (Å²) < 4.78 is 22.9. The minimum absolute atomic E-state index is 0.0512. The molecule has 1 unspecified atom stereocenters. The number of rotatable bonds is 5. The van der Waals surface area contributed by atoms with Crippen molar-refractivity contribution in [2.24, 2.45) is 0 Å². The lowest BCUT2D eigenvalue weighted by atomic mass is 9.89. The van der Waals surface area contributed by atoms with Crippen LogP contribution in [0.25, 0.3) is 0 Å². The van der Waals surface area contributed by atoms with Crippen LogP contribution in [0.3, 0.4) is 0 Å². The Bertz CT molecular complexity index is 775. The van der Waals surface area contributed by atoms with Gasteiger partial charge in [-0.3, -0.25) is 0 Å². The van der Waals surface area contributed by atoms with Crippen LogP contribution in [-0.2, 0) is 6.42 Å². The van der Waals surface area contributed by atoms with E-state index in [1.54, 1.807) is 0 Å². The standard InChI is InChI=1S/C20H23NO4/c1-3-22-17-10-13-8-9-21-19(15(13)11-18(17)23-4-2)14-6-5-7-16-20(14)25-12-24-16/h5-7,10-11,19,21H,3-4,8-9,12H2,1-2H3. The van der Waals surface area contributed by atoms with Crippen LogP contribution >= 0.6 is 0 Å². The number of hydrogen-bond donors (Lipinski definition) is 1. The zero-order valence-corrected chi connectivity index (χ0v) is 14.6. The monoisotopic (exact) mass is 341 g/mol. The normalized spacial score (nSPS) is 17.9. The highest BCUT2D eigenvalue weighted by molar-refractivity contribution is 5.56. The maximum absolute atomic E-state index is 5.82. The fraction of sp³-hybridized carbons (Fsp3) is 0.400. The Balaban J connectivity index is 1.79. The lowest BCUT2D eigenvalue weighted by Gasteiger charge is -2.29. The first-order valence-electron chi connectivity index (χ1n) is 8.86. The molecule has 2 aromatic carbocycles. The highest BCUT2D eigenvalue weighted by Gasteiger charge is 2.29. The Morgan fingerprint density at radius 3 is 2.64 bits per heavy atom. The topological polar surface area (TPSA) is 49.0 Å². The first kappa shape index (κ1) is 16.1. The molecule has 0 fully saturated rings. The predicted molar refractivity (Wildman–Crippen MR) is 94.9 cm³/mol. The summed E-state index contributed by atoms with van der Waals surface area (Å²) in [6.45, 7) is 6.39. The van der Waals surface area contributed by atoms with Crippen molar-refractivity contribution >= 4 is 0 Å². The third-order valence-electron chi connectivity index (χ3n) is 4.60. The van der Waals surface area contributed by atoms with Gasteiger partial charge >= 0.3 is 0 Å².